The van der Waals surface area contributed by atoms with E-state index in [4.69, 9.17) is 0 Å². The lowest BCUT2D eigenvalue weighted by molar-refractivity contribution is -0.385. The molecule has 25 heavy (non-hydrogen) atoms. The lowest BCUT2D eigenvalue weighted by Gasteiger charge is -2.33. The molecule has 0 unspecified atom stereocenters. The van der Waals surface area contributed by atoms with Crippen LogP contribution in [0, 0.1) is 10.1 Å². The van der Waals surface area contributed by atoms with E-state index < -0.39 is 26.5 Å². The number of nitrogens with zero attached hydrogens (tertiary/aromatic N) is 6. The number of aryl methyl sites for hydroxylation is 1. The number of hydrogen-bond donors (Lipinski definition) is 1. The second-order valence-electron chi connectivity index (χ2n) is 5.43. The van der Waals surface area contributed by atoms with Crippen LogP contribution in [0.25, 0.3) is 0 Å². The second-order valence-corrected chi connectivity index (χ2v) is 7.37. The summed E-state index contributed by atoms with van der Waals surface area (Å²) >= 11 is 0. The number of carbonyl (C=O) groups excluding carboxylic acids is 1. The summed E-state index contributed by atoms with van der Waals surface area (Å²) in [5, 5.41) is 20.6. The minimum atomic E-state index is -3.68. The van der Waals surface area contributed by atoms with Crippen LogP contribution in [0.3, 0.4) is 0 Å². The maximum absolute atomic E-state index is 12.5. The van der Waals surface area contributed by atoms with E-state index in [1.165, 1.54) is 26.3 Å². The number of H-pyrrole nitrogens is 1. The highest BCUT2D eigenvalue weighted by Gasteiger charge is 2.33. The third-order valence-electron chi connectivity index (χ3n) is 3.87. The molecule has 0 aromatic carbocycles. The normalized spacial score (nSPS) is 16.1. The Labute approximate surface area is 142 Å². The number of aromatic amines is 1. The van der Waals surface area contributed by atoms with Crippen LogP contribution in [-0.4, -0.2) is 74.6 Å². The van der Waals surface area contributed by atoms with E-state index in [0.29, 0.717) is 0 Å². The largest absolute Gasteiger partial charge is 0.334 e. The number of sulfonamides is 1. The summed E-state index contributed by atoms with van der Waals surface area (Å²) in [6, 6.07) is 0. The fraction of sp³-hybridized carbons (Fsp3) is 0.417. The molecule has 1 aliphatic rings. The number of nitrogens with one attached hydrogen (secondary N) is 1. The van der Waals surface area contributed by atoms with Crippen LogP contribution >= 0.6 is 0 Å². The van der Waals surface area contributed by atoms with Gasteiger partial charge in [-0.1, -0.05) is 0 Å². The Morgan fingerprint density at radius 2 is 1.96 bits per heavy atom. The van der Waals surface area contributed by atoms with Crippen molar-refractivity contribution in [3.8, 4) is 0 Å². The third-order valence-corrected chi connectivity index (χ3v) is 5.73. The van der Waals surface area contributed by atoms with Crippen molar-refractivity contribution >= 4 is 21.6 Å². The first-order valence-electron chi connectivity index (χ1n) is 7.26. The number of amides is 1. The van der Waals surface area contributed by atoms with Crippen LogP contribution < -0.4 is 0 Å². The molecule has 13 heteroatoms. The zero-order valence-corrected chi connectivity index (χ0v) is 14.0. The summed E-state index contributed by atoms with van der Waals surface area (Å²) in [7, 11) is -2.06. The van der Waals surface area contributed by atoms with Gasteiger partial charge in [0, 0.05) is 39.4 Å². The van der Waals surface area contributed by atoms with Crippen LogP contribution in [0.15, 0.2) is 23.5 Å². The van der Waals surface area contributed by atoms with Crippen molar-refractivity contribution in [3.63, 3.8) is 0 Å². The Kier molecular flexibility index (Phi) is 4.26. The van der Waals surface area contributed by atoms with Gasteiger partial charge in [-0.25, -0.2) is 8.42 Å². The first kappa shape index (κ1) is 17.0. The average molecular weight is 369 g/mol. The van der Waals surface area contributed by atoms with Gasteiger partial charge in [0.1, 0.15) is 11.1 Å². The summed E-state index contributed by atoms with van der Waals surface area (Å²) in [6.45, 7) is 0.415. The lowest BCUT2D eigenvalue weighted by atomic mass is 10.3. The number of carbonyl (C=O) groups is 1. The van der Waals surface area contributed by atoms with Gasteiger partial charge in [0.2, 0.25) is 15.7 Å². The summed E-state index contributed by atoms with van der Waals surface area (Å²) in [5.74, 6) is -0.581. The monoisotopic (exact) mass is 369 g/mol. The summed E-state index contributed by atoms with van der Waals surface area (Å²) in [6.07, 6.45) is 3.64. The quantitative estimate of drug-likeness (QED) is 0.548. The van der Waals surface area contributed by atoms with Crippen LogP contribution in [-0.2, 0) is 17.1 Å². The Balaban J connectivity index is 1.70. The minimum absolute atomic E-state index is 0.0824. The Morgan fingerprint density at radius 1 is 1.28 bits per heavy atom. The van der Waals surface area contributed by atoms with E-state index in [2.05, 4.69) is 15.3 Å². The van der Waals surface area contributed by atoms with Gasteiger partial charge in [0.25, 0.3) is 5.91 Å². The highest BCUT2D eigenvalue weighted by Crippen LogP contribution is 2.20. The number of rotatable bonds is 4. The van der Waals surface area contributed by atoms with Crippen molar-refractivity contribution < 1.29 is 18.1 Å². The Hall–Kier alpha value is -2.80. The minimum Gasteiger partial charge on any atom is -0.334 e. The zero-order chi connectivity index (χ0) is 18.2. The third kappa shape index (κ3) is 3.10. The van der Waals surface area contributed by atoms with Crippen molar-refractivity contribution in [2.45, 2.75) is 4.90 Å². The molecule has 134 valence electrons. The summed E-state index contributed by atoms with van der Waals surface area (Å²) in [4.78, 5) is 24.0. The van der Waals surface area contributed by atoms with Crippen molar-refractivity contribution in [1.29, 1.82) is 0 Å². The van der Waals surface area contributed by atoms with Crippen molar-refractivity contribution in [2.24, 2.45) is 7.05 Å². The van der Waals surface area contributed by atoms with E-state index in [1.54, 1.807) is 7.05 Å². The number of nitro groups is 1. The van der Waals surface area contributed by atoms with Crippen LogP contribution in [0.2, 0.25) is 0 Å². The summed E-state index contributed by atoms with van der Waals surface area (Å²) in [5.41, 5.74) is -0.621. The molecule has 2 aromatic rings. The molecule has 1 fully saturated rings. The highest BCUT2D eigenvalue weighted by atomic mass is 32.2. The molecule has 1 N–H and O–H groups in total. The Morgan fingerprint density at radius 3 is 2.52 bits per heavy atom. The molecule has 2 aromatic heterocycles. The molecule has 1 saturated heterocycles. The zero-order valence-electron chi connectivity index (χ0n) is 13.2. The van der Waals surface area contributed by atoms with Crippen molar-refractivity contribution in [3.05, 3.63) is 34.4 Å². The molecule has 12 nitrogen and oxygen atoms in total. The molecule has 1 aliphatic heterocycles. The van der Waals surface area contributed by atoms with Gasteiger partial charge in [-0.15, -0.1) is 0 Å². The number of piperazine rings is 1. The van der Waals surface area contributed by atoms with Gasteiger partial charge in [-0.05, 0) is 0 Å². The molecule has 1 amide bonds. The second kappa shape index (κ2) is 6.25. The van der Waals surface area contributed by atoms with Crippen LogP contribution in [0.4, 0.5) is 5.69 Å². The molecule has 3 heterocycles. The first-order chi connectivity index (χ1) is 11.8. The van der Waals surface area contributed by atoms with E-state index in [9.17, 15) is 23.3 Å². The molecule has 0 aliphatic carbocycles. The standard InChI is InChI=1S/C12H15N7O5S/c1-16-8-9(6-14-16)25(23,24)18-4-2-17(3-5-18)12(20)11-10(19(21)22)7-13-15-11/h6-8H,2-5H2,1H3,(H,13,15). The SMILES string of the molecule is Cn1cc(S(=O)(=O)N2CCN(C(=O)c3[nH]ncc3[N+](=O)[O-])CC2)cn1. The molecule has 0 bridgehead atoms. The maximum atomic E-state index is 12.5. The van der Waals surface area contributed by atoms with Gasteiger partial charge in [-0.3, -0.25) is 24.7 Å². The molecule has 0 radical (unpaired) electrons. The Bertz CT molecular complexity index is 910. The molecular formula is C12H15N7O5S. The topological polar surface area (TPSA) is 147 Å². The van der Waals surface area contributed by atoms with Crippen LogP contribution in [0.5, 0.6) is 0 Å². The average Bonchev–Trinajstić information content (AvgIpc) is 3.23. The van der Waals surface area contributed by atoms with Crippen molar-refractivity contribution in [1.82, 2.24) is 29.2 Å². The maximum Gasteiger partial charge on any atom is 0.319 e. The van der Waals surface area contributed by atoms with Gasteiger partial charge < -0.3 is 4.90 Å². The number of hydrogen-bond acceptors (Lipinski definition) is 7. The predicted octanol–water partition coefficient (Wildman–Crippen LogP) is -0.802. The lowest BCUT2D eigenvalue weighted by Crippen LogP contribution is -2.50. The highest BCUT2D eigenvalue weighted by molar-refractivity contribution is 7.89. The van der Waals surface area contributed by atoms with E-state index in [0.717, 1.165) is 6.20 Å². The smallest absolute Gasteiger partial charge is 0.319 e. The molecule has 0 spiro atoms. The number of aromatic nitrogens is 4. The molecule has 0 atom stereocenters. The summed E-state index contributed by atoms with van der Waals surface area (Å²) < 4.78 is 27.7. The van der Waals surface area contributed by atoms with Crippen LogP contribution in [0.1, 0.15) is 10.5 Å². The molecular weight excluding hydrogens is 354 g/mol. The fourth-order valence-electron chi connectivity index (χ4n) is 2.55. The van der Waals surface area contributed by atoms with E-state index in [-0.39, 0.29) is 36.8 Å². The first-order valence-corrected chi connectivity index (χ1v) is 8.70. The predicted molar refractivity (Wildman–Crippen MR) is 83.1 cm³/mol. The van der Waals surface area contributed by atoms with Crippen molar-refractivity contribution in [2.75, 3.05) is 26.2 Å². The van der Waals surface area contributed by atoms with Gasteiger partial charge in [0.15, 0.2) is 0 Å². The molecule has 3 rings (SSSR count). The fourth-order valence-corrected chi connectivity index (χ4v) is 3.95. The van der Waals surface area contributed by atoms with E-state index >= 15 is 0 Å². The molecule has 0 saturated carbocycles. The van der Waals surface area contributed by atoms with E-state index in [1.807, 2.05) is 0 Å². The van der Waals surface area contributed by atoms with Gasteiger partial charge in [0.05, 0.1) is 11.1 Å². The van der Waals surface area contributed by atoms with Gasteiger partial charge >= 0.3 is 5.69 Å². The van der Waals surface area contributed by atoms with Gasteiger partial charge in [-0.2, -0.15) is 14.5 Å².